The summed E-state index contributed by atoms with van der Waals surface area (Å²) in [6, 6.07) is 4.74. The number of aryl methyl sites for hydroxylation is 1. The van der Waals surface area contributed by atoms with E-state index in [-0.39, 0.29) is 23.8 Å². The predicted octanol–water partition coefficient (Wildman–Crippen LogP) is 1.61. The van der Waals surface area contributed by atoms with Crippen molar-refractivity contribution in [2.24, 2.45) is 0 Å². The molecule has 1 aromatic rings. The average molecular weight is 293 g/mol. The van der Waals surface area contributed by atoms with Crippen LogP contribution in [0.5, 0.6) is 0 Å². The summed E-state index contributed by atoms with van der Waals surface area (Å²) >= 11 is 0. The first-order valence-corrected chi connectivity index (χ1v) is 7.50. The highest BCUT2D eigenvalue weighted by atomic mass is 19.1. The maximum Gasteiger partial charge on any atom is 0.237 e. The first-order valence-electron chi connectivity index (χ1n) is 7.50. The first kappa shape index (κ1) is 15.9. The molecule has 2 atom stereocenters. The largest absolute Gasteiger partial charge is 0.348 e. The Kier molecular flexibility index (Phi) is 5.31. The molecule has 0 saturated carbocycles. The Bertz CT molecular complexity index is 500. The first-order chi connectivity index (χ1) is 9.99. The van der Waals surface area contributed by atoms with Gasteiger partial charge >= 0.3 is 0 Å². The van der Waals surface area contributed by atoms with Crippen molar-refractivity contribution in [2.45, 2.75) is 32.9 Å². The van der Waals surface area contributed by atoms with Crippen LogP contribution in [0.15, 0.2) is 18.2 Å². The molecule has 0 aliphatic carbocycles. The van der Waals surface area contributed by atoms with Crippen molar-refractivity contribution in [2.75, 3.05) is 26.2 Å². The van der Waals surface area contributed by atoms with Crippen LogP contribution in [-0.4, -0.2) is 43.0 Å². The van der Waals surface area contributed by atoms with Gasteiger partial charge in [-0.25, -0.2) is 4.39 Å². The van der Waals surface area contributed by atoms with Crippen molar-refractivity contribution in [1.29, 1.82) is 0 Å². The fourth-order valence-electron chi connectivity index (χ4n) is 2.53. The van der Waals surface area contributed by atoms with Crippen LogP contribution in [0.25, 0.3) is 0 Å². The molecule has 1 saturated heterocycles. The highest BCUT2D eigenvalue weighted by Gasteiger charge is 2.23. The monoisotopic (exact) mass is 293 g/mol. The Morgan fingerprint density at radius 3 is 2.62 bits per heavy atom. The van der Waals surface area contributed by atoms with Gasteiger partial charge in [0.05, 0.1) is 12.1 Å². The molecule has 4 nitrogen and oxygen atoms in total. The third-order valence-corrected chi connectivity index (χ3v) is 4.13. The van der Waals surface area contributed by atoms with Crippen LogP contribution < -0.4 is 10.6 Å². The molecule has 1 aromatic carbocycles. The zero-order valence-corrected chi connectivity index (χ0v) is 12.9. The smallest absolute Gasteiger partial charge is 0.237 e. The highest BCUT2D eigenvalue weighted by molar-refractivity contribution is 5.81. The van der Waals surface area contributed by atoms with E-state index < -0.39 is 0 Å². The molecule has 21 heavy (non-hydrogen) atoms. The SMILES string of the molecule is Cc1ccc(C(C)NC(=O)C(C)N2CCNCC2)cc1F. The number of rotatable bonds is 4. The summed E-state index contributed by atoms with van der Waals surface area (Å²) in [7, 11) is 0. The van der Waals surface area contributed by atoms with E-state index in [9.17, 15) is 9.18 Å². The molecule has 2 unspecified atom stereocenters. The van der Waals surface area contributed by atoms with Crippen molar-refractivity contribution >= 4 is 5.91 Å². The number of hydrogen-bond acceptors (Lipinski definition) is 3. The van der Waals surface area contributed by atoms with Crippen LogP contribution in [0, 0.1) is 12.7 Å². The number of hydrogen-bond donors (Lipinski definition) is 2. The maximum absolute atomic E-state index is 13.6. The lowest BCUT2D eigenvalue weighted by molar-refractivity contribution is -0.126. The van der Waals surface area contributed by atoms with E-state index >= 15 is 0 Å². The molecule has 1 amide bonds. The molecular formula is C16H24FN3O. The summed E-state index contributed by atoms with van der Waals surface area (Å²) in [5.74, 6) is -0.242. The molecule has 5 heteroatoms. The molecule has 0 spiro atoms. The summed E-state index contributed by atoms with van der Waals surface area (Å²) in [6.45, 7) is 9.11. The molecule has 0 aromatic heterocycles. The van der Waals surface area contributed by atoms with Gasteiger partial charge in [-0.15, -0.1) is 0 Å². The van der Waals surface area contributed by atoms with Crippen molar-refractivity contribution < 1.29 is 9.18 Å². The van der Waals surface area contributed by atoms with E-state index in [1.165, 1.54) is 6.07 Å². The van der Waals surface area contributed by atoms with Crippen LogP contribution in [0.2, 0.25) is 0 Å². The van der Waals surface area contributed by atoms with Crippen molar-refractivity contribution in [3.63, 3.8) is 0 Å². The minimum Gasteiger partial charge on any atom is -0.348 e. The number of nitrogens with zero attached hydrogens (tertiary/aromatic N) is 1. The van der Waals surface area contributed by atoms with Crippen LogP contribution in [-0.2, 0) is 4.79 Å². The standard InChI is InChI=1S/C16H24FN3O/c1-11-4-5-14(10-15(11)17)12(2)19-16(21)13(3)20-8-6-18-7-9-20/h4-5,10,12-13,18H,6-9H2,1-3H3,(H,19,21). The van der Waals surface area contributed by atoms with Gasteiger partial charge in [0.25, 0.3) is 0 Å². The van der Waals surface area contributed by atoms with Gasteiger partial charge in [0, 0.05) is 26.2 Å². The maximum atomic E-state index is 13.6. The van der Waals surface area contributed by atoms with Gasteiger partial charge in [-0.1, -0.05) is 12.1 Å². The van der Waals surface area contributed by atoms with Crippen molar-refractivity contribution in [3.8, 4) is 0 Å². The van der Waals surface area contributed by atoms with E-state index in [1.54, 1.807) is 13.0 Å². The van der Waals surface area contributed by atoms with Crippen molar-refractivity contribution in [3.05, 3.63) is 35.1 Å². The fraction of sp³-hybridized carbons (Fsp3) is 0.562. The number of nitrogens with one attached hydrogen (secondary N) is 2. The summed E-state index contributed by atoms with van der Waals surface area (Å²) in [4.78, 5) is 14.5. The molecule has 2 rings (SSSR count). The lowest BCUT2D eigenvalue weighted by atomic mass is 10.1. The average Bonchev–Trinajstić information content (AvgIpc) is 2.50. The normalized spacial score (nSPS) is 19.0. The third-order valence-electron chi connectivity index (χ3n) is 4.13. The minimum atomic E-state index is -0.233. The van der Waals surface area contributed by atoms with E-state index in [2.05, 4.69) is 15.5 Å². The lowest BCUT2D eigenvalue weighted by Crippen LogP contribution is -2.52. The van der Waals surface area contributed by atoms with Crippen LogP contribution >= 0.6 is 0 Å². The molecule has 0 radical (unpaired) electrons. The molecule has 1 aliphatic heterocycles. The molecule has 0 bridgehead atoms. The zero-order chi connectivity index (χ0) is 15.4. The summed E-state index contributed by atoms with van der Waals surface area (Å²) in [5.41, 5.74) is 1.41. The molecule has 2 N–H and O–H groups in total. The van der Waals surface area contributed by atoms with Gasteiger partial charge in [-0.2, -0.15) is 0 Å². The number of halogens is 1. The molecule has 116 valence electrons. The molecular weight excluding hydrogens is 269 g/mol. The number of carbonyl (C=O) groups is 1. The van der Waals surface area contributed by atoms with Crippen LogP contribution in [0.4, 0.5) is 4.39 Å². The summed E-state index contributed by atoms with van der Waals surface area (Å²) in [6.07, 6.45) is 0. The second kappa shape index (κ2) is 7.00. The third kappa shape index (κ3) is 4.02. The zero-order valence-electron chi connectivity index (χ0n) is 12.9. The van der Waals surface area contributed by atoms with Gasteiger partial charge in [0.1, 0.15) is 5.82 Å². The van der Waals surface area contributed by atoms with Crippen LogP contribution in [0.3, 0.4) is 0 Å². The van der Waals surface area contributed by atoms with Gasteiger partial charge in [0.15, 0.2) is 0 Å². The van der Waals surface area contributed by atoms with Gasteiger partial charge in [0.2, 0.25) is 5.91 Å². The highest BCUT2D eigenvalue weighted by Crippen LogP contribution is 2.16. The van der Waals surface area contributed by atoms with E-state index in [0.29, 0.717) is 5.56 Å². The number of benzene rings is 1. The van der Waals surface area contributed by atoms with E-state index in [0.717, 1.165) is 31.7 Å². The number of amides is 1. The Morgan fingerprint density at radius 1 is 1.33 bits per heavy atom. The van der Waals surface area contributed by atoms with Gasteiger partial charge in [-0.05, 0) is 38.0 Å². The van der Waals surface area contributed by atoms with E-state index in [1.807, 2.05) is 19.9 Å². The fourth-order valence-corrected chi connectivity index (χ4v) is 2.53. The van der Waals surface area contributed by atoms with Crippen LogP contribution in [0.1, 0.15) is 31.0 Å². The topological polar surface area (TPSA) is 44.4 Å². The quantitative estimate of drug-likeness (QED) is 0.886. The second-order valence-corrected chi connectivity index (χ2v) is 5.70. The van der Waals surface area contributed by atoms with Gasteiger partial charge < -0.3 is 10.6 Å². The second-order valence-electron chi connectivity index (χ2n) is 5.70. The summed E-state index contributed by atoms with van der Waals surface area (Å²) in [5, 5.41) is 6.24. The number of piperazine rings is 1. The molecule has 1 heterocycles. The minimum absolute atomic E-state index is 0.00890. The predicted molar refractivity (Wildman–Crippen MR) is 81.6 cm³/mol. The Morgan fingerprint density at radius 2 is 2.00 bits per heavy atom. The lowest BCUT2D eigenvalue weighted by Gasteiger charge is -2.32. The Hall–Kier alpha value is -1.46. The summed E-state index contributed by atoms with van der Waals surface area (Å²) < 4.78 is 13.6. The van der Waals surface area contributed by atoms with E-state index in [4.69, 9.17) is 0 Å². The number of carbonyl (C=O) groups excluding carboxylic acids is 1. The Labute approximate surface area is 125 Å². The molecule has 1 aliphatic rings. The Balaban J connectivity index is 1.95. The van der Waals surface area contributed by atoms with Crippen molar-refractivity contribution in [1.82, 2.24) is 15.5 Å². The van der Waals surface area contributed by atoms with Gasteiger partial charge in [-0.3, -0.25) is 9.69 Å². The molecule has 1 fully saturated rings.